The van der Waals surface area contributed by atoms with E-state index < -0.39 is 17.6 Å². The number of carbonyl (C=O) groups is 1. The van der Waals surface area contributed by atoms with Crippen LogP contribution >= 0.6 is 0 Å². The van der Waals surface area contributed by atoms with Crippen LogP contribution < -0.4 is 38.6 Å². The highest BCUT2D eigenvalue weighted by atomic mass is 16.5. The van der Waals surface area contributed by atoms with Crippen LogP contribution in [0.5, 0.6) is 46.0 Å². The quantitative estimate of drug-likeness (QED) is 0.201. The van der Waals surface area contributed by atoms with Gasteiger partial charge in [-0.15, -0.1) is 0 Å². The lowest BCUT2D eigenvalue weighted by atomic mass is 9.80. The monoisotopic (exact) mass is 692 g/mol. The smallest absolute Gasteiger partial charge is 0.193 e. The van der Waals surface area contributed by atoms with Crippen LogP contribution in [0.3, 0.4) is 0 Å². The van der Waals surface area contributed by atoms with Crippen molar-refractivity contribution in [2.45, 2.75) is 31.5 Å². The number of hydrogen-bond donors (Lipinski definition) is 1. The zero-order valence-corrected chi connectivity index (χ0v) is 28.9. The highest BCUT2D eigenvalue weighted by molar-refractivity contribution is 6.08. The van der Waals surface area contributed by atoms with E-state index in [-0.39, 0.29) is 29.1 Å². The summed E-state index contributed by atoms with van der Waals surface area (Å²) in [5, 5.41) is 11.2. The van der Waals surface area contributed by atoms with E-state index in [4.69, 9.17) is 37.6 Å². The van der Waals surface area contributed by atoms with Crippen LogP contribution in [0, 0.1) is 0 Å². The van der Waals surface area contributed by atoms with Gasteiger partial charge < -0.3 is 42.7 Å². The summed E-state index contributed by atoms with van der Waals surface area (Å²) in [5.74, 6) is 3.20. The second kappa shape index (κ2) is 13.0. The fourth-order valence-corrected chi connectivity index (χ4v) is 6.45. The zero-order valence-electron chi connectivity index (χ0n) is 28.9. The molecule has 0 amide bonds. The Labute approximate surface area is 293 Å². The molecule has 4 heterocycles. The normalized spacial score (nSPS) is 17.5. The lowest BCUT2D eigenvalue weighted by molar-refractivity contribution is 0.0547. The van der Waals surface area contributed by atoms with Gasteiger partial charge in [0.05, 0.1) is 45.3 Å². The van der Waals surface area contributed by atoms with E-state index in [0.29, 0.717) is 68.1 Å². The fourth-order valence-electron chi connectivity index (χ4n) is 6.45. The molecular weight excluding hydrogens is 656 g/mol. The van der Waals surface area contributed by atoms with Gasteiger partial charge >= 0.3 is 0 Å². The Morgan fingerprint density at radius 2 is 1.57 bits per heavy atom. The van der Waals surface area contributed by atoms with E-state index in [0.717, 1.165) is 5.56 Å². The molecule has 1 N–H and O–H groups in total. The van der Waals surface area contributed by atoms with Crippen molar-refractivity contribution < 1.29 is 47.5 Å². The molecule has 0 saturated heterocycles. The van der Waals surface area contributed by atoms with Gasteiger partial charge in [-0.3, -0.25) is 9.59 Å². The molecule has 11 nitrogen and oxygen atoms in total. The first kappa shape index (κ1) is 33.4. The molecule has 3 aliphatic rings. The number of rotatable bonds is 5. The first-order chi connectivity index (χ1) is 24.5. The Morgan fingerprint density at radius 1 is 0.824 bits per heavy atom. The summed E-state index contributed by atoms with van der Waals surface area (Å²) >= 11 is 0. The van der Waals surface area contributed by atoms with Crippen molar-refractivity contribution in [1.82, 2.24) is 0 Å². The molecule has 0 radical (unpaired) electrons. The van der Waals surface area contributed by atoms with Crippen LogP contribution in [0.15, 0.2) is 82.0 Å². The van der Waals surface area contributed by atoms with Crippen molar-refractivity contribution >= 4 is 22.8 Å². The van der Waals surface area contributed by atoms with Crippen molar-refractivity contribution in [2.75, 3.05) is 35.0 Å². The van der Waals surface area contributed by atoms with Crippen molar-refractivity contribution in [2.24, 2.45) is 0 Å². The van der Waals surface area contributed by atoms with Crippen molar-refractivity contribution in [3.63, 3.8) is 0 Å². The van der Waals surface area contributed by atoms with E-state index in [1.54, 1.807) is 51.7 Å². The molecule has 51 heavy (non-hydrogen) atoms. The minimum Gasteiger partial charge on any atom is -0.507 e. The Bertz CT molecular complexity index is 2270. The number of fused-ring (bicyclic) bond motifs is 7. The summed E-state index contributed by atoms with van der Waals surface area (Å²) in [7, 11) is 6.25. The predicted molar refractivity (Wildman–Crippen MR) is 189 cm³/mol. The molecule has 0 saturated carbocycles. The number of benzene rings is 4. The lowest BCUT2D eigenvalue weighted by Crippen LogP contribution is -2.43. The molecule has 1 aromatic heterocycles. The first-order valence-corrected chi connectivity index (χ1v) is 16.2. The summed E-state index contributed by atoms with van der Waals surface area (Å²) in [6, 6.07) is 18.9. The Hall–Kier alpha value is -6.10. The topological polar surface area (TPSA) is 132 Å². The summed E-state index contributed by atoms with van der Waals surface area (Å²) in [5.41, 5.74) is 2.13. The van der Waals surface area contributed by atoms with Gasteiger partial charge in [-0.1, -0.05) is 12.1 Å². The summed E-state index contributed by atoms with van der Waals surface area (Å²) in [6.07, 6.45) is 3.23. The molecule has 11 heteroatoms. The summed E-state index contributed by atoms with van der Waals surface area (Å²) < 4.78 is 45.0. The third-order valence-electron chi connectivity index (χ3n) is 9.00. The Kier molecular flexibility index (Phi) is 8.50. The van der Waals surface area contributed by atoms with Crippen molar-refractivity contribution in [3.05, 3.63) is 99.7 Å². The molecule has 262 valence electrons. The number of aromatic hydroxyl groups is 1. The number of methoxy groups -OCH3 is 4. The maximum absolute atomic E-state index is 13.6. The van der Waals surface area contributed by atoms with Gasteiger partial charge in [0.2, 0.25) is 0 Å². The lowest BCUT2D eigenvalue weighted by Gasteiger charge is -2.39. The third-order valence-corrected chi connectivity index (χ3v) is 9.00. The van der Waals surface area contributed by atoms with Gasteiger partial charge in [0.25, 0.3) is 0 Å². The summed E-state index contributed by atoms with van der Waals surface area (Å²) in [4.78, 5) is 25.8. The van der Waals surface area contributed by atoms with E-state index >= 15 is 0 Å². The van der Waals surface area contributed by atoms with Gasteiger partial charge in [-0.2, -0.15) is 0 Å². The van der Waals surface area contributed by atoms with Crippen LogP contribution in [-0.2, 0) is 0 Å². The Balaban J connectivity index is 0.000000170. The number of Topliss-reactive ketones (excluding diaryl/α,β-unsaturated/α-hetero) is 1. The molecule has 0 fully saturated rings. The van der Waals surface area contributed by atoms with Gasteiger partial charge in [0, 0.05) is 35.4 Å². The van der Waals surface area contributed by atoms with E-state index in [2.05, 4.69) is 0 Å². The molecule has 0 spiro atoms. The van der Waals surface area contributed by atoms with Gasteiger partial charge in [0.1, 0.15) is 69.7 Å². The number of phenols is 1. The molecule has 5 aromatic rings. The average Bonchev–Trinajstić information content (AvgIpc) is 3.13. The van der Waals surface area contributed by atoms with E-state index in [1.165, 1.54) is 19.2 Å². The molecule has 0 bridgehead atoms. The van der Waals surface area contributed by atoms with E-state index in [9.17, 15) is 14.7 Å². The number of ketones is 1. The maximum atomic E-state index is 13.6. The zero-order chi connectivity index (χ0) is 36.0. The van der Waals surface area contributed by atoms with Crippen molar-refractivity contribution in [1.29, 1.82) is 0 Å². The largest absolute Gasteiger partial charge is 0.507 e. The first-order valence-electron chi connectivity index (χ1n) is 16.2. The minimum atomic E-state index is -0.630. The van der Waals surface area contributed by atoms with Gasteiger partial charge in [-0.05, 0) is 56.3 Å². The molecule has 4 aromatic carbocycles. The van der Waals surface area contributed by atoms with Gasteiger partial charge in [-0.25, -0.2) is 0 Å². The minimum absolute atomic E-state index is 0.0864. The summed E-state index contributed by atoms with van der Waals surface area (Å²) in [6.45, 7) is 4.02. The number of hydrogen-bond acceptors (Lipinski definition) is 11. The van der Waals surface area contributed by atoms with Gasteiger partial charge in [0.15, 0.2) is 22.7 Å². The second-order valence-electron chi connectivity index (χ2n) is 12.7. The maximum Gasteiger partial charge on any atom is 0.193 e. The molecule has 2 atom stereocenters. The van der Waals surface area contributed by atoms with Crippen LogP contribution in [0.1, 0.15) is 41.3 Å². The highest BCUT2D eigenvalue weighted by Gasteiger charge is 2.46. The molecule has 0 aliphatic carbocycles. The standard InChI is InChI=1S/C23H22O7.C17H14O4/c1-23(2)6-5-11-15(30-23)8-13(24)20-21(25)19-12-7-16(26-3)17(27-4)9-14(12)28-10-18(19)29-22(11)20;1-19-12-5-3-4-11(8-12)16-10-15(18)14-7-6-13(20-2)9-17(14)21-16/h5-9,18-19,24H,10H2,1-4H3;3-10H,1-2H3. The third kappa shape index (κ3) is 6.05. The molecule has 8 rings (SSSR count). The van der Waals surface area contributed by atoms with Crippen LogP contribution in [-0.4, -0.2) is 57.6 Å². The number of phenolic OH excluding ortho intramolecular Hbond substituents is 1. The second-order valence-corrected chi connectivity index (χ2v) is 12.7. The molecule has 3 aliphatic heterocycles. The highest BCUT2D eigenvalue weighted by Crippen LogP contribution is 2.52. The Morgan fingerprint density at radius 3 is 2.31 bits per heavy atom. The fraction of sp³-hybridized carbons (Fsp3) is 0.250. The van der Waals surface area contributed by atoms with Crippen LogP contribution in [0.2, 0.25) is 0 Å². The predicted octanol–water partition coefficient (Wildman–Crippen LogP) is 7.19. The van der Waals surface area contributed by atoms with Crippen LogP contribution in [0.4, 0.5) is 0 Å². The number of carbonyl (C=O) groups excluding carboxylic acids is 1. The SMILES string of the molecule is COc1cc2c(cc1OC)C1C(=O)c3c(O)cc4c(c3OC1CO2)C=CC(C)(C)O4.COc1cccc(-c2cc(=O)c3ccc(OC)cc3o2)c1. The van der Waals surface area contributed by atoms with E-state index in [1.807, 2.05) is 50.3 Å². The van der Waals surface area contributed by atoms with Crippen LogP contribution in [0.25, 0.3) is 28.4 Å². The average molecular weight is 693 g/mol. The van der Waals surface area contributed by atoms with Crippen molar-refractivity contribution in [3.8, 4) is 57.3 Å². The molecular formula is C40H36O11. The number of ether oxygens (including phenoxy) is 7. The molecule has 2 unspecified atom stereocenters.